The molecule has 0 spiro atoms. The maximum Gasteiger partial charge on any atom is 0.277 e. The SMILES string of the molecule is Cc1[nH]n(-c2ccccc2)c(=O)c1C1NC(=O)c2ccccc21. The molecule has 5 heteroatoms. The normalized spacial score (nSPS) is 16.2. The Balaban J connectivity index is 1.88. The van der Waals surface area contributed by atoms with Gasteiger partial charge in [0.05, 0.1) is 17.3 Å². The summed E-state index contributed by atoms with van der Waals surface area (Å²) < 4.78 is 1.51. The average molecular weight is 305 g/mol. The molecule has 0 aliphatic carbocycles. The van der Waals surface area contributed by atoms with E-state index >= 15 is 0 Å². The van der Waals surface area contributed by atoms with Crippen LogP contribution in [0.3, 0.4) is 0 Å². The van der Waals surface area contributed by atoms with Gasteiger partial charge < -0.3 is 5.32 Å². The van der Waals surface area contributed by atoms with Crippen LogP contribution in [0.5, 0.6) is 0 Å². The van der Waals surface area contributed by atoms with E-state index < -0.39 is 6.04 Å². The summed E-state index contributed by atoms with van der Waals surface area (Å²) in [5, 5.41) is 6.01. The van der Waals surface area contributed by atoms with Gasteiger partial charge in [-0.05, 0) is 30.7 Å². The van der Waals surface area contributed by atoms with Gasteiger partial charge in [0.2, 0.25) is 0 Å². The van der Waals surface area contributed by atoms with Gasteiger partial charge in [0.25, 0.3) is 11.5 Å². The molecule has 1 amide bonds. The van der Waals surface area contributed by atoms with Gasteiger partial charge in [-0.2, -0.15) is 0 Å². The van der Waals surface area contributed by atoms with Crippen LogP contribution >= 0.6 is 0 Å². The van der Waals surface area contributed by atoms with Crippen molar-refractivity contribution in [1.29, 1.82) is 0 Å². The Labute approximate surface area is 132 Å². The molecule has 1 aliphatic heterocycles. The number of hydrogen-bond acceptors (Lipinski definition) is 2. The lowest BCUT2D eigenvalue weighted by atomic mass is 9.99. The van der Waals surface area contributed by atoms with Crippen LogP contribution in [0.2, 0.25) is 0 Å². The van der Waals surface area contributed by atoms with E-state index in [2.05, 4.69) is 10.4 Å². The maximum absolute atomic E-state index is 12.9. The van der Waals surface area contributed by atoms with E-state index in [1.54, 1.807) is 6.07 Å². The van der Waals surface area contributed by atoms with E-state index in [4.69, 9.17) is 0 Å². The molecule has 0 saturated carbocycles. The first-order valence-electron chi connectivity index (χ1n) is 7.43. The fourth-order valence-corrected chi connectivity index (χ4v) is 3.13. The monoisotopic (exact) mass is 305 g/mol. The van der Waals surface area contributed by atoms with Crippen molar-refractivity contribution in [3.05, 3.63) is 87.3 Å². The largest absolute Gasteiger partial charge is 0.341 e. The predicted molar refractivity (Wildman–Crippen MR) is 86.9 cm³/mol. The smallest absolute Gasteiger partial charge is 0.277 e. The number of para-hydroxylation sites is 1. The molecule has 1 aromatic heterocycles. The van der Waals surface area contributed by atoms with Crippen LogP contribution in [0.15, 0.2) is 59.4 Å². The molecule has 2 N–H and O–H groups in total. The number of nitrogens with one attached hydrogen (secondary N) is 2. The zero-order chi connectivity index (χ0) is 16.0. The highest BCUT2D eigenvalue weighted by atomic mass is 16.2. The lowest BCUT2D eigenvalue weighted by molar-refractivity contribution is 0.0960. The van der Waals surface area contributed by atoms with Crippen molar-refractivity contribution < 1.29 is 4.79 Å². The van der Waals surface area contributed by atoms with E-state index in [-0.39, 0.29) is 11.5 Å². The van der Waals surface area contributed by atoms with Crippen molar-refractivity contribution in [3.63, 3.8) is 0 Å². The van der Waals surface area contributed by atoms with Crippen molar-refractivity contribution in [3.8, 4) is 5.69 Å². The van der Waals surface area contributed by atoms with Gasteiger partial charge in [-0.1, -0.05) is 36.4 Å². The highest BCUT2D eigenvalue weighted by Gasteiger charge is 2.33. The molecule has 4 rings (SSSR count). The highest BCUT2D eigenvalue weighted by molar-refractivity contribution is 5.99. The standard InChI is InChI=1S/C18H15N3O2/c1-11-15(16-13-9-5-6-10-14(13)17(22)19-16)18(23)21(20-11)12-7-3-2-4-8-12/h2-10,16,20H,1H3,(H,19,22). The summed E-state index contributed by atoms with van der Waals surface area (Å²) in [7, 11) is 0. The van der Waals surface area contributed by atoms with Crippen LogP contribution < -0.4 is 10.9 Å². The Hall–Kier alpha value is -3.08. The highest BCUT2D eigenvalue weighted by Crippen LogP contribution is 2.30. The first kappa shape index (κ1) is 13.6. The summed E-state index contributed by atoms with van der Waals surface area (Å²) in [5.74, 6) is -0.142. The fraction of sp³-hybridized carbons (Fsp3) is 0.111. The van der Waals surface area contributed by atoms with Gasteiger partial charge in [-0.25, -0.2) is 4.68 Å². The number of fused-ring (bicyclic) bond motifs is 1. The van der Waals surface area contributed by atoms with E-state index in [1.165, 1.54) is 4.68 Å². The quantitative estimate of drug-likeness (QED) is 0.763. The third-order valence-electron chi connectivity index (χ3n) is 4.21. The van der Waals surface area contributed by atoms with Gasteiger partial charge in [0.1, 0.15) is 0 Å². The number of aryl methyl sites for hydroxylation is 1. The lowest BCUT2D eigenvalue weighted by Crippen LogP contribution is -2.26. The van der Waals surface area contributed by atoms with Crippen molar-refractivity contribution in [2.24, 2.45) is 0 Å². The first-order chi connectivity index (χ1) is 11.2. The molecule has 0 saturated heterocycles. The van der Waals surface area contributed by atoms with Gasteiger partial charge in [0.15, 0.2) is 0 Å². The molecule has 1 unspecified atom stereocenters. The van der Waals surface area contributed by atoms with Crippen LogP contribution in [-0.4, -0.2) is 15.7 Å². The summed E-state index contributed by atoms with van der Waals surface area (Å²) in [6, 6.07) is 16.3. The molecule has 0 fully saturated rings. The second-order valence-electron chi connectivity index (χ2n) is 5.62. The second kappa shape index (κ2) is 4.98. The summed E-state index contributed by atoms with van der Waals surface area (Å²) in [4.78, 5) is 25.0. The minimum absolute atomic E-state index is 0.142. The van der Waals surface area contributed by atoms with Crippen LogP contribution in [0, 0.1) is 6.92 Å². The van der Waals surface area contributed by atoms with Crippen molar-refractivity contribution in [2.45, 2.75) is 13.0 Å². The number of carbonyl (C=O) groups excluding carboxylic acids is 1. The Morgan fingerprint density at radius 2 is 1.65 bits per heavy atom. The third-order valence-corrected chi connectivity index (χ3v) is 4.21. The number of aromatic amines is 1. The molecule has 114 valence electrons. The third kappa shape index (κ3) is 2.01. The van der Waals surface area contributed by atoms with Gasteiger partial charge >= 0.3 is 0 Å². The number of H-pyrrole nitrogens is 1. The van der Waals surface area contributed by atoms with Crippen LogP contribution in [0.25, 0.3) is 5.69 Å². The minimum Gasteiger partial charge on any atom is -0.341 e. The number of aromatic nitrogens is 2. The van der Waals surface area contributed by atoms with Crippen LogP contribution in [0.1, 0.15) is 33.2 Å². The molecule has 5 nitrogen and oxygen atoms in total. The Morgan fingerprint density at radius 3 is 2.43 bits per heavy atom. The Bertz CT molecular complexity index is 954. The molecular formula is C18H15N3O2. The first-order valence-corrected chi connectivity index (χ1v) is 7.43. The van der Waals surface area contributed by atoms with Gasteiger partial charge in [-0.3, -0.25) is 14.7 Å². The van der Waals surface area contributed by atoms with E-state index in [9.17, 15) is 9.59 Å². The Kier molecular flexibility index (Phi) is 2.94. The maximum atomic E-state index is 12.9. The summed E-state index contributed by atoms with van der Waals surface area (Å²) in [5.41, 5.74) is 3.42. The zero-order valence-electron chi connectivity index (χ0n) is 12.5. The topological polar surface area (TPSA) is 66.9 Å². The molecule has 1 atom stereocenters. The lowest BCUT2D eigenvalue weighted by Gasteiger charge is -2.09. The molecule has 2 aromatic carbocycles. The number of rotatable bonds is 2. The van der Waals surface area contributed by atoms with E-state index in [0.717, 1.165) is 16.9 Å². The molecule has 23 heavy (non-hydrogen) atoms. The molecule has 0 bridgehead atoms. The predicted octanol–water partition coefficient (Wildman–Crippen LogP) is 2.31. The summed E-state index contributed by atoms with van der Waals surface area (Å²) in [6.45, 7) is 1.85. The number of carbonyl (C=O) groups is 1. The van der Waals surface area contributed by atoms with Crippen molar-refractivity contribution >= 4 is 5.91 Å². The summed E-state index contributed by atoms with van der Waals surface area (Å²) >= 11 is 0. The average Bonchev–Trinajstić information content (AvgIpc) is 3.06. The number of amides is 1. The molecule has 1 aliphatic rings. The number of hydrogen-bond donors (Lipinski definition) is 2. The minimum atomic E-state index is -0.410. The molecule has 0 radical (unpaired) electrons. The zero-order valence-corrected chi connectivity index (χ0v) is 12.5. The van der Waals surface area contributed by atoms with Gasteiger partial charge in [-0.15, -0.1) is 0 Å². The number of nitrogens with zero attached hydrogens (tertiary/aromatic N) is 1. The van der Waals surface area contributed by atoms with Crippen molar-refractivity contribution in [2.75, 3.05) is 0 Å². The fourth-order valence-electron chi connectivity index (χ4n) is 3.13. The number of benzene rings is 2. The summed E-state index contributed by atoms with van der Waals surface area (Å²) in [6.07, 6.45) is 0. The van der Waals surface area contributed by atoms with Crippen LogP contribution in [0.4, 0.5) is 0 Å². The Morgan fingerprint density at radius 1 is 0.957 bits per heavy atom. The van der Waals surface area contributed by atoms with Crippen molar-refractivity contribution in [1.82, 2.24) is 15.1 Å². The second-order valence-corrected chi connectivity index (χ2v) is 5.62. The van der Waals surface area contributed by atoms with E-state index in [1.807, 2.05) is 55.5 Å². The molecule has 3 aromatic rings. The molecular weight excluding hydrogens is 290 g/mol. The van der Waals surface area contributed by atoms with Crippen LogP contribution in [-0.2, 0) is 0 Å². The molecule has 2 heterocycles. The van der Waals surface area contributed by atoms with Gasteiger partial charge in [0, 0.05) is 11.3 Å². The van der Waals surface area contributed by atoms with E-state index in [0.29, 0.717) is 11.1 Å².